The molecular weight excluding hydrogens is 201 g/mol. The molecule has 0 N–H and O–H groups in total. The molecule has 0 aromatic heterocycles. The third-order valence-electron chi connectivity index (χ3n) is 1.20. The standard InChI is InChI=1S/C8H8F.Rb/c1-2-7-3-5-8(9)6-4-7;/h2-6H,1H3;/q-1;+1. The van der Waals surface area contributed by atoms with E-state index in [1.165, 1.54) is 12.1 Å². The van der Waals surface area contributed by atoms with Crippen molar-refractivity contribution >= 4 is 0 Å². The van der Waals surface area contributed by atoms with Gasteiger partial charge in [0.1, 0.15) is 0 Å². The quantitative estimate of drug-likeness (QED) is 0.541. The van der Waals surface area contributed by atoms with E-state index in [1.807, 2.05) is 13.3 Å². The summed E-state index contributed by atoms with van der Waals surface area (Å²) in [7, 11) is 0. The van der Waals surface area contributed by atoms with Crippen molar-refractivity contribution in [1.29, 1.82) is 0 Å². The van der Waals surface area contributed by atoms with Crippen molar-refractivity contribution in [2.24, 2.45) is 0 Å². The van der Waals surface area contributed by atoms with Gasteiger partial charge in [-0.1, -0.05) is 19.1 Å². The molecule has 1 aromatic rings. The zero-order valence-electron chi connectivity index (χ0n) is 6.26. The van der Waals surface area contributed by atoms with Crippen LogP contribution in [0.15, 0.2) is 24.3 Å². The van der Waals surface area contributed by atoms with Crippen molar-refractivity contribution in [3.8, 4) is 0 Å². The van der Waals surface area contributed by atoms with Crippen LogP contribution in [0.3, 0.4) is 0 Å². The molecule has 0 fully saturated rings. The fourth-order valence-corrected chi connectivity index (χ4v) is 0.655. The summed E-state index contributed by atoms with van der Waals surface area (Å²) in [4.78, 5) is 0. The number of rotatable bonds is 1. The summed E-state index contributed by atoms with van der Waals surface area (Å²) in [6.07, 6.45) is 1.93. The average molecular weight is 209 g/mol. The van der Waals surface area contributed by atoms with Gasteiger partial charge in [0, 0.05) is 0 Å². The molecule has 10 heavy (non-hydrogen) atoms. The fraction of sp³-hybridized carbons (Fsp3) is 0.125. The van der Waals surface area contributed by atoms with Crippen molar-refractivity contribution in [1.82, 2.24) is 0 Å². The monoisotopic (exact) mass is 208 g/mol. The third kappa shape index (κ3) is 3.29. The molecule has 0 atom stereocenters. The van der Waals surface area contributed by atoms with E-state index in [0.717, 1.165) is 5.56 Å². The predicted molar refractivity (Wildman–Crippen MR) is 35.5 cm³/mol. The topological polar surface area (TPSA) is 0 Å². The van der Waals surface area contributed by atoms with Gasteiger partial charge in [0.15, 0.2) is 0 Å². The van der Waals surface area contributed by atoms with Gasteiger partial charge in [-0.25, -0.2) is 4.39 Å². The van der Waals surface area contributed by atoms with E-state index < -0.39 is 0 Å². The third-order valence-corrected chi connectivity index (χ3v) is 1.20. The van der Waals surface area contributed by atoms with Gasteiger partial charge in [0.2, 0.25) is 0 Å². The average Bonchev–Trinajstić information content (AvgIpc) is 1.90. The number of benzene rings is 1. The normalized spacial score (nSPS) is 8.20. The molecule has 48 valence electrons. The SMILES string of the molecule is C[CH-]c1ccc(F)cc1.[Rb+]. The Balaban J connectivity index is 0.000000810. The molecule has 0 saturated heterocycles. The minimum atomic E-state index is -0.180. The van der Waals surface area contributed by atoms with Gasteiger partial charge >= 0.3 is 58.2 Å². The maximum absolute atomic E-state index is 12.2. The Bertz CT molecular complexity index is 181. The Hall–Kier alpha value is 0.825. The zero-order valence-corrected chi connectivity index (χ0v) is 11.2. The van der Waals surface area contributed by atoms with Crippen LogP contribution in [0.25, 0.3) is 0 Å². The molecule has 0 aliphatic rings. The molecule has 0 amide bonds. The van der Waals surface area contributed by atoms with E-state index in [9.17, 15) is 4.39 Å². The molecular formula is C8H8FRb. The molecule has 0 saturated carbocycles. The van der Waals surface area contributed by atoms with Crippen LogP contribution in [0.1, 0.15) is 12.5 Å². The van der Waals surface area contributed by atoms with E-state index in [1.54, 1.807) is 12.1 Å². The molecule has 0 spiro atoms. The largest absolute Gasteiger partial charge is 1.00 e. The number of hydrogen-bond acceptors (Lipinski definition) is 0. The second kappa shape index (κ2) is 5.47. The van der Waals surface area contributed by atoms with Crippen LogP contribution in [0.4, 0.5) is 4.39 Å². The zero-order chi connectivity index (χ0) is 6.69. The maximum atomic E-state index is 12.2. The van der Waals surface area contributed by atoms with E-state index in [2.05, 4.69) is 0 Å². The van der Waals surface area contributed by atoms with Crippen LogP contribution in [-0.4, -0.2) is 0 Å². The molecule has 0 heterocycles. The van der Waals surface area contributed by atoms with Crippen LogP contribution in [0.2, 0.25) is 0 Å². The molecule has 0 unspecified atom stereocenters. The Morgan fingerprint density at radius 1 is 1.20 bits per heavy atom. The number of hydrogen-bond donors (Lipinski definition) is 0. The van der Waals surface area contributed by atoms with Crippen molar-refractivity contribution < 1.29 is 62.6 Å². The molecule has 0 radical (unpaired) electrons. The molecule has 0 bridgehead atoms. The van der Waals surface area contributed by atoms with Crippen LogP contribution in [0, 0.1) is 12.2 Å². The Kier molecular flexibility index (Phi) is 5.92. The first-order valence-corrected chi connectivity index (χ1v) is 2.88. The summed E-state index contributed by atoms with van der Waals surface area (Å²) in [5.41, 5.74) is 1.05. The first-order chi connectivity index (χ1) is 4.33. The van der Waals surface area contributed by atoms with Crippen LogP contribution < -0.4 is 58.2 Å². The van der Waals surface area contributed by atoms with Crippen LogP contribution >= 0.6 is 0 Å². The summed E-state index contributed by atoms with van der Waals surface area (Å²) in [6.45, 7) is 1.92. The first-order valence-electron chi connectivity index (χ1n) is 2.88. The second-order valence-electron chi connectivity index (χ2n) is 1.84. The van der Waals surface area contributed by atoms with Gasteiger partial charge in [-0.2, -0.15) is 24.1 Å². The summed E-state index contributed by atoms with van der Waals surface area (Å²) < 4.78 is 12.2. The minimum Gasteiger partial charge on any atom is -0.209 e. The van der Waals surface area contributed by atoms with Gasteiger partial charge in [-0.3, -0.25) is 0 Å². The van der Waals surface area contributed by atoms with Gasteiger partial charge < -0.3 is 0 Å². The van der Waals surface area contributed by atoms with Gasteiger partial charge in [0.05, 0.1) is 5.82 Å². The van der Waals surface area contributed by atoms with E-state index in [4.69, 9.17) is 0 Å². The summed E-state index contributed by atoms with van der Waals surface area (Å²) in [5, 5.41) is 0. The predicted octanol–water partition coefficient (Wildman–Crippen LogP) is -0.598. The summed E-state index contributed by atoms with van der Waals surface area (Å²) in [5.74, 6) is -0.180. The second-order valence-corrected chi connectivity index (χ2v) is 1.84. The van der Waals surface area contributed by atoms with Crippen molar-refractivity contribution in [3.05, 3.63) is 42.1 Å². The Morgan fingerprint density at radius 3 is 2.10 bits per heavy atom. The van der Waals surface area contributed by atoms with Gasteiger partial charge in [0.25, 0.3) is 0 Å². The Morgan fingerprint density at radius 2 is 1.70 bits per heavy atom. The minimum absolute atomic E-state index is 0. The molecule has 0 nitrogen and oxygen atoms in total. The molecule has 1 aromatic carbocycles. The first kappa shape index (κ1) is 10.8. The fourth-order valence-electron chi connectivity index (χ4n) is 0.655. The van der Waals surface area contributed by atoms with Crippen LogP contribution in [0.5, 0.6) is 0 Å². The molecule has 2 heteroatoms. The molecule has 1 rings (SSSR count). The van der Waals surface area contributed by atoms with Crippen molar-refractivity contribution in [2.45, 2.75) is 6.92 Å². The Labute approximate surface area is 110 Å². The van der Waals surface area contributed by atoms with Gasteiger partial charge in [-0.15, -0.1) is 0 Å². The van der Waals surface area contributed by atoms with E-state index in [-0.39, 0.29) is 64.0 Å². The van der Waals surface area contributed by atoms with Gasteiger partial charge in [-0.05, 0) is 0 Å². The number of halogens is 1. The van der Waals surface area contributed by atoms with Crippen molar-refractivity contribution in [2.75, 3.05) is 0 Å². The van der Waals surface area contributed by atoms with E-state index in [0.29, 0.717) is 0 Å². The van der Waals surface area contributed by atoms with Crippen molar-refractivity contribution in [3.63, 3.8) is 0 Å². The molecule has 0 aliphatic heterocycles. The van der Waals surface area contributed by atoms with Crippen LogP contribution in [-0.2, 0) is 0 Å². The smallest absolute Gasteiger partial charge is 0.209 e. The summed E-state index contributed by atoms with van der Waals surface area (Å²) >= 11 is 0. The van der Waals surface area contributed by atoms with E-state index >= 15 is 0 Å². The molecule has 0 aliphatic carbocycles. The summed E-state index contributed by atoms with van der Waals surface area (Å²) in [6, 6.07) is 6.40. The maximum Gasteiger partial charge on any atom is 1.00 e.